The number of carboxylic acid groups (broad SMARTS) is 1. The second-order valence-corrected chi connectivity index (χ2v) is 7.60. The van der Waals surface area contributed by atoms with Crippen molar-refractivity contribution in [1.82, 2.24) is 9.88 Å². The predicted molar refractivity (Wildman–Crippen MR) is 83.5 cm³/mol. The zero-order valence-corrected chi connectivity index (χ0v) is 13.6. The molecule has 1 saturated heterocycles. The third kappa shape index (κ3) is 2.99. The van der Waals surface area contributed by atoms with E-state index < -0.39 is 5.97 Å². The molecular formula is C16H24N2O2S. The minimum Gasteiger partial charge on any atom is -0.480 e. The number of thiazole rings is 1. The first kappa shape index (κ1) is 15.0. The van der Waals surface area contributed by atoms with Gasteiger partial charge in [-0.2, -0.15) is 0 Å². The number of rotatable bonds is 4. The lowest BCUT2D eigenvalue weighted by molar-refractivity contribution is -0.142. The highest BCUT2D eigenvalue weighted by molar-refractivity contribution is 7.09. The molecule has 0 bridgehead atoms. The van der Waals surface area contributed by atoms with E-state index in [0.29, 0.717) is 24.4 Å². The van der Waals surface area contributed by atoms with Crippen LogP contribution < -0.4 is 0 Å². The molecule has 0 amide bonds. The molecule has 3 atom stereocenters. The molecule has 2 heterocycles. The minimum atomic E-state index is -0.663. The Bertz CT molecular complexity index is 514. The number of likely N-dealkylation sites (tertiary alicyclic amines) is 1. The van der Waals surface area contributed by atoms with E-state index in [1.54, 1.807) is 11.3 Å². The third-order valence-corrected chi connectivity index (χ3v) is 6.11. The van der Waals surface area contributed by atoms with Crippen molar-refractivity contribution < 1.29 is 9.90 Å². The quantitative estimate of drug-likeness (QED) is 0.925. The van der Waals surface area contributed by atoms with Gasteiger partial charge in [0.15, 0.2) is 0 Å². The highest BCUT2D eigenvalue weighted by Gasteiger charge is 2.45. The van der Waals surface area contributed by atoms with Gasteiger partial charge in [-0.25, -0.2) is 4.98 Å². The number of aromatic nitrogens is 1. The Kier molecular flexibility index (Phi) is 4.31. The van der Waals surface area contributed by atoms with Crippen molar-refractivity contribution >= 4 is 17.3 Å². The molecule has 1 aliphatic heterocycles. The Morgan fingerprint density at radius 2 is 2.24 bits per heavy atom. The lowest BCUT2D eigenvalue weighted by Crippen LogP contribution is -2.41. The standard InChI is InChI=1S/C16H24N2O2S/c1-10(2)15-17-12(9-21-15)8-18-13-6-4-3-5-11(13)7-14(18)16(19)20/h9-11,13-14H,3-8H2,1-2H3,(H,19,20)/t11-,13+,14-/m0/s1. The van der Waals surface area contributed by atoms with E-state index in [2.05, 4.69) is 29.1 Å². The summed E-state index contributed by atoms with van der Waals surface area (Å²) in [5, 5.41) is 12.8. The number of nitrogens with zero attached hydrogens (tertiary/aromatic N) is 2. The van der Waals surface area contributed by atoms with Crippen LogP contribution in [0.25, 0.3) is 0 Å². The molecule has 116 valence electrons. The second-order valence-electron chi connectivity index (χ2n) is 6.71. The fourth-order valence-electron chi connectivity index (χ4n) is 3.87. The molecule has 1 N–H and O–H groups in total. The first-order chi connectivity index (χ1) is 10.1. The highest BCUT2D eigenvalue weighted by Crippen LogP contribution is 2.40. The Balaban J connectivity index is 1.78. The molecule has 0 spiro atoms. The van der Waals surface area contributed by atoms with Gasteiger partial charge in [0.1, 0.15) is 6.04 Å². The molecular weight excluding hydrogens is 284 g/mol. The van der Waals surface area contributed by atoms with E-state index in [0.717, 1.165) is 23.5 Å². The van der Waals surface area contributed by atoms with Gasteiger partial charge in [0, 0.05) is 23.9 Å². The fraction of sp³-hybridized carbons (Fsp3) is 0.750. The first-order valence-electron chi connectivity index (χ1n) is 7.99. The third-order valence-electron chi connectivity index (χ3n) is 4.91. The SMILES string of the molecule is CC(C)c1nc(CN2[C@@H]3CCCC[C@H]3C[C@H]2C(=O)O)cs1. The molecule has 0 unspecified atom stereocenters. The maximum atomic E-state index is 11.6. The van der Waals surface area contributed by atoms with Crippen molar-refractivity contribution in [2.24, 2.45) is 5.92 Å². The van der Waals surface area contributed by atoms with Crippen molar-refractivity contribution in [2.75, 3.05) is 0 Å². The van der Waals surface area contributed by atoms with Gasteiger partial charge in [-0.15, -0.1) is 11.3 Å². The van der Waals surface area contributed by atoms with Gasteiger partial charge in [0.2, 0.25) is 0 Å². The number of carboxylic acids is 1. The molecule has 0 radical (unpaired) electrons. The first-order valence-corrected chi connectivity index (χ1v) is 8.87. The average Bonchev–Trinajstić information content (AvgIpc) is 3.05. The number of hydrogen-bond acceptors (Lipinski definition) is 4. The summed E-state index contributed by atoms with van der Waals surface area (Å²) in [7, 11) is 0. The van der Waals surface area contributed by atoms with Crippen LogP contribution in [0.2, 0.25) is 0 Å². The molecule has 2 fully saturated rings. The van der Waals surface area contributed by atoms with E-state index in [9.17, 15) is 9.90 Å². The molecule has 21 heavy (non-hydrogen) atoms. The van der Waals surface area contributed by atoms with Crippen LogP contribution in [0.4, 0.5) is 0 Å². The van der Waals surface area contributed by atoms with E-state index in [1.165, 1.54) is 19.3 Å². The van der Waals surface area contributed by atoms with E-state index in [1.807, 2.05) is 0 Å². The van der Waals surface area contributed by atoms with Crippen LogP contribution in [0.3, 0.4) is 0 Å². The largest absolute Gasteiger partial charge is 0.480 e. The summed E-state index contributed by atoms with van der Waals surface area (Å²) in [6, 6.07) is 0.131. The minimum absolute atomic E-state index is 0.317. The normalized spacial score (nSPS) is 29.8. The molecule has 3 rings (SSSR count). The van der Waals surface area contributed by atoms with Crippen molar-refractivity contribution in [3.05, 3.63) is 16.1 Å². The summed E-state index contributed by atoms with van der Waals surface area (Å²) in [5.41, 5.74) is 1.04. The fourth-order valence-corrected chi connectivity index (χ4v) is 4.70. The van der Waals surface area contributed by atoms with Gasteiger partial charge in [0.05, 0.1) is 10.7 Å². The molecule has 4 nitrogen and oxygen atoms in total. The summed E-state index contributed by atoms with van der Waals surface area (Å²) in [6.45, 7) is 4.99. The van der Waals surface area contributed by atoms with Crippen molar-refractivity contribution in [2.45, 2.75) is 70.5 Å². The summed E-state index contributed by atoms with van der Waals surface area (Å²) in [6.07, 6.45) is 5.66. The van der Waals surface area contributed by atoms with Gasteiger partial charge in [0.25, 0.3) is 0 Å². The summed E-state index contributed by atoms with van der Waals surface area (Å²) < 4.78 is 0. The average molecular weight is 308 g/mol. The molecule has 1 aromatic heterocycles. The molecule has 2 aliphatic rings. The molecule has 0 aromatic carbocycles. The molecule has 1 aromatic rings. The zero-order chi connectivity index (χ0) is 15.0. The van der Waals surface area contributed by atoms with Crippen molar-refractivity contribution in [3.8, 4) is 0 Å². The second kappa shape index (κ2) is 6.05. The molecule has 5 heteroatoms. The van der Waals surface area contributed by atoms with Crippen LogP contribution >= 0.6 is 11.3 Å². The van der Waals surface area contributed by atoms with Crippen LogP contribution in [-0.4, -0.2) is 33.0 Å². The Hall–Kier alpha value is -0.940. The molecule has 1 aliphatic carbocycles. The summed E-state index contributed by atoms with van der Waals surface area (Å²) in [4.78, 5) is 18.5. The van der Waals surface area contributed by atoms with Crippen LogP contribution in [0, 0.1) is 5.92 Å². The Labute approximate surface area is 130 Å². The molecule has 1 saturated carbocycles. The topological polar surface area (TPSA) is 53.4 Å². The van der Waals surface area contributed by atoms with Crippen LogP contribution in [-0.2, 0) is 11.3 Å². The number of aliphatic carboxylic acids is 1. The lowest BCUT2D eigenvalue weighted by atomic mass is 9.85. The number of hydrogen-bond donors (Lipinski definition) is 1. The smallest absolute Gasteiger partial charge is 0.320 e. The number of carbonyl (C=O) groups is 1. The lowest BCUT2D eigenvalue weighted by Gasteiger charge is -2.32. The van der Waals surface area contributed by atoms with Crippen LogP contribution in [0.1, 0.15) is 62.6 Å². The van der Waals surface area contributed by atoms with Crippen LogP contribution in [0.15, 0.2) is 5.38 Å². The van der Waals surface area contributed by atoms with E-state index >= 15 is 0 Å². The van der Waals surface area contributed by atoms with Crippen molar-refractivity contribution in [3.63, 3.8) is 0 Å². The van der Waals surface area contributed by atoms with Crippen molar-refractivity contribution in [1.29, 1.82) is 0 Å². The number of fused-ring (bicyclic) bond motifs is 1. The van der Waals surface area contributed by atoms with Gasteiger partial charge >= 0.3 is 5.97 Å². The van der Waals surface area contributed by atoms with Gasteiger partial charge in [-0.3, -0.25) is 9.69 Å². The van der Waals surface area contributed by atoms with Gasteiger partial charge < -0.3 is 5.11 Å². The summed E-state index contributed by atoms with van der Waals surface area (Å²) in [5.74, 6) is 0.354. The van der Waals surface area contributed by atoms with E-state index in [4.69, 9.17) is 0 Å². The summed E-state index contributed by atoms with van der Waals surface area (Å²) >= 11 is 1.69. The maximum absolute atomic E-state index is 11.6. The monoisotopic (exact) mass is 308 g/mol. The highest BCUT2D eigenvalue weighted by atomic mass is 32.1. The zero-order valence-electron chi connectivity index (χ0n) is 12.8. The van der Waals surface area contributed by atoms with E-state index in [-0.39, 0.29) is 6.04 Å². The van der Waals surface area contributed by atoms with Gasteiger partial charge in [-0.05, 0) is 25.2 Å². The Morgan fingerprint density at radius 3 is 2.90 bits per heavy atom. The predicted octanol–water partition coefficient (Wildman–Crippen LogP) is 3.48. The van der Waals surface area contributed by atoms with Crippen LogP contribution in [0.5, 0.6) is 0 Å². The Morgan fingerprint density at radius 1 is 1.48 bits per heavy atom. The maximum Gasteiger partial charge on any atom is 0.320 e. The van der Waals surface area contributed by atoms with Gasteiger partial charge in [-0.1, -0.05) is 26.7 Å².